The van der Waals surface area contributed by atoms with E-state index in [0.29, 0.717) is 19.0 Å². The Bertz CT molecular complexity index is 634. The van der Waals surface area contributed by atoms with Crippen LogP contribution in [0.15, 0.2) is 5.38 Å². The fourth-order valence-electron chi connectivity index (χ4n) is 3.73. The van der Waals surface area contributed by atoms with Crippen molar-refractivity contribution < 1.29 is 9.59 Å². The van der Waals surface area contributed by atoms with E-state index >= 15 is 0 Å². The number of nitrogens with zero attached hydrogens (tertiary/aromatic N) is 4. The zero-order valence-corrected chi connectivity index (χ0v) is 14.9. The Morgan fingerprint density at radius 2 is 2.04 bits per heavy atom. The van der Waals surface area contributed by atoms with Crippen molar-refractivity contribution in [1.82, 2.24) is 19.7 Å². The number of carbonyl (C=O) groups is 2. The van der Waals surface area contributed by atoms with Crippen LogP contribution in [0, 0.1) is 12.8 Å². The minimum atomic E-state index is -0.120. The fraction of sp³-hybridized carbons (Fsp3) is 0.706. The lowest BCUT2D eigenvalue weighted by molar-refractivity contribution is -0.137. The summed E-state index contributed by atoms with van der Waals surface area (Å²) in [6.07, 6.45) is 2.64. The first-order valence-corrected chi connectivity index (χ1v) is 9.70. The van der Waals surface area contributed by atoms with Gasteiger partial charge in [-0.05, 0) is 19.8 Å². The van der Waals surface area contributed by atoms with Crippen LogP contribution in [0.5, 0.6) is 0 Å². The topological polar surface area (TPSA) is 56.8 Å². The van der Waals surface area contributed by atoms with Crippen molar-refractivity contribution in [2.45, 2.75) is 38.8 Å². The zero-order valence-electron chi connectivity index (χ0n) is 14.1. The van der Waals surface area contributed by atoms with E-state index in [1.165, 1.54) is 0 Å². The molecule has 1 atom stereocenters. The summed E-state index contributed by atoms with van der Waals surface area (Å²) in [6.45, 7) is 6.82. The second-order valence-corrected chi connectivity index (χ2v) is 8.20. The molecule has 0 bridgehead atoms. The molecule has 0 unspecified atom stereocenters. The molecule has 6 nitrogen and oxygen atoms in total. The Morgan fingerprint density at radius 3 is 2.67 bits per heavy atom. The van der Waals surface area contributed by atoms with E-state index in [0.717, 1.165) is 56.3 Å². The van der Waals surface area contributed by atoms with Gasteiger partial charge in [0.1, 0.15) is 0 Å². The van der Waals surface area contributed by atoms with Crippen molar-refractivity contribution in [3.8, 4) is 0 Å². The smallest absolute Gasteiger partial charge is 0.228 e. The molecular weight excluding hydrogens is 324 g/mol. The summed E-state index contributed by atoms with van der Waals surface area (Å²) in [7, 11) is 0. The van der Waals surface area contributed by atoms with Gasteiger partial charge in [0.15, 0.2) is 0 Å². The molecule has 0 radical (unpaired) electrons. The van der Waals surface area contributed by atoms with Gasteiger partial charge in [-0.25, -0.2) is 4.98 Å². The molecule has 3 heterocycles. The number of aromatic nitrogens is 1. The van der Waals surface area contributed by atoms with Gasteiger partial charge in [-0.2, -0.15) is 0 Å². The van der Waals surface area contributed by atoms with E-state index in [9.17, 15) is 9.59 Å². The minimum absolute atomic E-state index is 0.120. The predicted octanol–water partition coefficient (Wildman–Crippen LogP) is 1.11. The van der Waals surface area contributed by atoms with Crippen LogP contribution in [0.25, 0.3) is 0 Å². The predicted molar refractivity (Wildman–Crippen MR) is 91.6 cm³/mol. The van der Waals surface area contributed by atoms with E-state index in [1.54, 1.807) is 11.3 Å². The van der Waals surface area contributed by atoms with Crippen LogP contribution in [0.3, 0.4) is 0 Å². The van der Waals surface area contributed by atoms with Gasteiger partial charge in [-0.15, -0.1) is 11.3 Å². The van der Waals surface area contributed by atoms with Crippen LogP contribution in [0.2, 0.25) is 0 Å². The van der Waals surface area contributed by atoms with Crippen molar-refractivity contribution in [2.75, 3.05) is 32.7 Å². The third kappa shape index (κ3) is 3.32. The van der Waals surface area contributed by atoms with Gasteiger partial charge in [-0.3, -0.25) is 14.5 Å². The zero-order chi connectivity index (χ0) is 16.7. The van der Waals surface area contributed by atoms with Crippen molar-refractivity contribution in [3.63, 3.8) is 0 Å². The first-order chi connectivity index (χ1) is 11.6. The SMILES string of the molecule is Cc1nc(CN2CCN(C(=O)[C@@H]3CC(=O)N(C4CC4)C3)CC2)cs1. The second kappa shape index (κ2) is 6.44. The molecule has 0 spiro atoms. The Balaban J connectivity index is 1.27. The summed E-state index contributed by atoms with van der Waals surface area (Å²) < 4.78 is 0. The van der Waals surface area contributed by atoms with Gasteiger partial charge < -0.3 is 9.80 Å². The highest BCUT2D eigenvalue weighted by molar-refractivity contribution is 7.09. The largest absolute Gasteiger partial charge is 0.340 e. The normalized spacial score (nSPS) is 25.5. The maximum absolute atomic E-state index is 12.7. The Kier molecular flexibility index (Phi) is 4.30. The van der Waals surface area contributed by atoms with Crippen molar-refractivity contribution >= 4 is 23.2 Å². The summed E-state index contributed by atoms with van der Waals surface area (Å²) >= 11 is 1.68. The Morgan fingerprint density at radius 1 is 1.29 bits per heavy atom. The highest BCUT2D eigenvalue weighted by Crippen LogP contribution is 2.33. The summed E-state index contributed by atoms with van der Waals surface area (Å²) in [5, 5.41) is 3.22. The first kappa shape index (κ1) is 16.0. The van der Waals surface area contributed by atoms with Crippen molar-refractivity contribution in [1.29, 1.82) is 0 Å². The number of rotatable bonds is 4. The maximum atomic E-state index is 12.7. The van der Waals surface area contributed by atoms with Crippen LogP contribution in [0.4, 0.5) is 0 Å². The van der Waals surface area contributed by atoms with Gasteiger partial charge in [0, 0.05) is 57.1 Å². The Hall–Kier alpha value is -1.47. The highest BCUT2D eigenvalue weighted by atomic mass is 32.1. The quantitative estimate of drug-likeness (QED) is 0.818. The van der Waals surface area contributed by atoms with E-state index in [-0.39, 0.29) is 17.7 Å². The summed E-state index contributed by atoms with van der Waals surface area (Å²) in [5.74, 6) is 0.231. The molecular formula is C17H24N4O2S. The molecule has 1 saturated carbocycles. The van der Waals surface area contributed by atoms with E-state index in [4.69, 9.17) is 0 Å². The molecule has 2 aliphatic heterocycles. The highest BCUT2D eigenvalue weighted by Gasteiger charge is 2.43. The van der Waals surface area contributed by atoms with Gasteiger partial charge in [0.05, 0.1) is 16.6 Å². The average molecular weight is 348 g/mol. The molecule has 3 fully saturated rings. The first-order valence-electron chi connectivity index (χ1n) is 8.82. The number of amides is 2. The minimum Gasteiger partial charge on any atom is -0.340 e. The van der Waals surface area contributed by atoms with Crippen LogP contribution >= 0.6 is 11.3 Å². The molecule has 3 aliphatic rings. The van der Waals surface area contributed by atoms with Crippen LogP contribution < -0.4 is 0 Å². The fourth-order valence-corrected chi connectivity index (χ4v) is 4.33. The van der Waals surface area contributed by atoms with E-state index in [1.807, 2.05) is 16.7 Å². The van der Waals surface area contributed by atoms with E-state index < -0.39 is 0 Å². The molecule has 24 heavy (non-hydrogen) atoms. The third-order valence-electron chi connectivity index (χ3n) is 5.23. The summed E-state index contributed by atoms with van der Waals surface area (Å²) in [4.78, 5) is 35.5. The molecule has 1 aliphatic carbocycles. The van der Waals surface area contributed by atoms with Gasteiger partial charge >= 0.3 is 0 Å². The molecule has 2 saturated heterocycles. The van der Waals surface area contributed by atoms with E-state index in [2.05, 4.69) is 15.3 Å². The molecule has 1 aromatic rings. The number of likely N-dealkylation sites (tertiary alicyclic amines) is 1. The molecule has 0 aromatic carbocycles. The lowest BCUT2D eigenvalue weighted by Crippen LogP contribution is -2.50. The molecule has 2 amide bonds. The second-order valence-electron chi connectivity index (χ2n) is 7.14. The number of piperazine rings is 1. The summed E-state index contributed by atoms with van der Waals surface area (Å²) in [5.41, 5.74) is 1.12. The standard InChI is InChI=1S/C17H24N4O2S/c1-12-18-14(11-24-12)10-19-4-6-20(7-5-19)17(23)13-8-16(22)21(9-13)15-2-3-15/h11,13,15H,2-10H2,1H3/t13-/m1/s1. The third-order valence-corrected chi connectivity index (χ3v) is 6.05. The number of aryl methyl sites for hydroxylation is 1. The van der Waals surface area contributed by atoms with Crippen LogP contribution in [0.1, 0.15) is 30.0 Å². The molecule has 1 aromatic heterocycles. The number of thiazole rings is 1. The number of hydrogen-bond donors (Lipinski definition) is 0. The van der Waals surface area contributed by atoms with Crippen molar-refractivity contribution in [3.05, 3.63) is 16.1 Å². The van der Waals surface area contributed by atoms with Gasteiger partial charge in [0.25, 0.3) is 0 Å². The molecule has 4 rings (SSSR count). The Labute approximate surface area is 146 Å². The monoisotopic (exact) mass is 348 g/mol. The van der Waals surface area contributed by atoms with Crippen LogP contribution in [-0.4, -0.2) is 70.3 Å². The van der Waals surface area contributed by atoms with Gasteiger partial charge in [-0.1, -0.05) is 0 Å². The molecule has 0 N–H and O–H groups in total. The number of carbonyl (C=O) groups excluding carboxylic acids is 2. The molecule has 130 valence electrons. The lowest BCUT2D eigenvalue weighted by atomic mass is 10.1. The lowest BCUT2D eigenvalue weighted by Gasteiger charge is -2.35. The molecule has 7 heteroatoms. The van der Waals surface area contributed by atoms with Gasteiger partial charge in [0.2, 0.25) is 11.8 Å². The van der Waals surface area contributed by atoms with Crippen molar-refractivity contribution in [2.24, 2.45) is 5.92 Å². The average Bonchev–Trinajstić information content (AvgIpc) is 3.23. The summed E-state index contributed by atoms with van der Waals surface area (Å²) in [6, 6.07) is 0.425. The number of hydrogen-bond acceptors (Lipinski definition) is 5. The maximum Gasteiger partial charge on any atom is 0.228 e. The van der Waals surface area contributed by atoms with Crippen LogP contribution in [-0.2, 0) is 16.1 Å².